The molecule has 2 heterocycles. The summed E-state index contributed by atoms with van der Waals surface area (Å²) in [6, 6.07) is 18.2. The van der Waals surface area contributed by atoms with Crippen LogP contribution in [0.3, 0.4) is 0 Å². The number of anilines is 1. The topological polar surface area (TPSA) is 45.2 Å². The zero-order valence-electron chi connectivity index (χ0n) is 15.2. The first-order chi connectivity index (χ1) is 13.3. The first kappa shape index (κ1) is 17.9. The Bertz CT molecular complexity index is 901. The number of para-hydroxylation sites is 1. The number of rotatable bonds is 6. The van der Waals surface area contributed by atoms with E-state index in [4.69, 9.17) is 0 Å². The molecule has 5 heteroatoms. The number of nitrogens with one attached hydrogen (secondary N) is 1. The second-order valence-electron chi connectivity index (χ2n) is 6.88. The summed E-state index contributed by atoms with van der Waals surface area (Å²) in [6.45, 7) is 3.18. The van der Waals surface area contributed by atoms with Gasteiger partial charge >= 0.3 is 0 Å². The maximum absolute atomic E-state index is 12.6. The number of hydrogen-bond donors (Lipinski definition) is 1. The van der Waals surface area contributed by atoms with Gasteiger partial charge in [-0.2, -0.15) is 0 Å². The van der Waals surface area contributed by atoms with Gasteiger partial charge in [0.15, 0.2) is 0 Å². The van der Waals surface area contributed by atoms with Crippen molar-refractivity contribution in [2.75, 3.05) is 18.4 Å². The first-order valence-corrected chi connectivity index (χ1v) is 10.3. The van der Waals surface area contributed by atoms with Crippen molar-refractivity contribution in [3.8, 4) is 10.6 Å². The molecule has 1 aliphatic heterocycles. The van der Waals surface area contributed by atoms with Crippen LogP contribution in [-0.2, 0) is 17.8 Å². The van der Waals surface area contributed by atoms with Gasteiger partial charge in [0.25, 0.3) is 0 Å². The van der Waals surface area contributed by atoms with Crippen LogP contribution in [0.5, 0.6) is 0 Å². The Morgan fingerprint density at radius 1 is 1.04 bits per heavy atom. The molecule has 4 rings (SSSR count). The summed E-state index contributed by atoms with van der Waals surface area (Å²) >= 11 is 1.58. The molecular formula is C22H23N3OS. The minimum absolute atomic E-state index is 0.0196. The maximum Gasteiger partial charge on any atom is 0.230 e. The third kappa shape index (κ3) is 4.62. The molecule has 0 radical (unpaired) electrons. The molecule has 1 aliphatic rings. The van der Waals surface area contributed by atoms with E-state index in [1.165, 1.54) is 18.4 Å². The average Bonchev–Trinajstić information content (AvgIpc) is 3.36. The molecule has 1 N–H and O–H groups in total. The van der Waals surface area contributed by atoms with E-state index in [-0.39, 0.29) is 5.91 Å². The predicted octanol–water partition coefficient (Wildman–Crippen LogP) is 4.59. The Hall–Kier alpha value is -2.50. The van der Waals surface area contributed by atoms with Gasteiger partial charge in [-0.25, -0.2) is 4.98 Å². The van der Waals surface area contributed by atoms with Crippen molar-refractivity contribution in [3.05, 3.63) is 71.2 Å². The van der Waals surface area contributed by atoms with E-state index < -0.39 is 0 Å². The minimum atomic E-state index is -0.0196. The zero-order chi connectivity index (χ0) is 18.5. The monoisotopic (exact) mass is 377 g/mol. The van der Waals surface area contributed by atoms with E-state index in [1.807, 2.05) is 53.9 Å². The molecule has 27 heavy (non-hydrogen) atoms. The van der Waals surface area contributed by atoms with E-state index in [0.29, 0.717) is 6.42 Å². The van der Waals surface area contributed by atoms with Crippen LogP contribution in [-0.4, -0.2) is 28.9 Å². The SMILES string of the molecule is O=C(Cc1csc(-c2ccccc2)n1)Nc1ccccc1CN1CCCC1. The Morgan fingerprint density at radius 3 is 2.59 bits per heavy atom. The van der Waals surface area contributed by atoms with Crippen molar-refractivity contribution in [2.45, 2.75) is 25.8 Å². The normalized spacial score (nSPS) is 14.4. The summed E-state index contributed by atoms with van der Waals surface area (Å²) in [6.07, 6.45) is 2.82. The number of hydrogen-bond acceptors (Lipinski definition) is 4. The summed E-state index contributed by atoms with van der Waals surface area (Å²) in [5.74, 6) is -0.0196. The molecule has 0 aliphatic carbocycles. The highest BCUT2D eigenvalue weighted by molar-refractivity contribution is 7.13. The van der Waals surface area contributed by atoms with Crippen LogP contribution in [0.1, 0.15) is 24.1 Å². The molecule has 0 spiro atoms. The van der Waals surface area contributed by atoms with Crippen molar-refractivity contribution in [2.24, 2.45) is 0 Å². The van der Waals surface area contributed by atoms with Crippen molar-refractivity contribution in [1.82, 2.24) is 9.88 Å². The lowest BCUT2D eigenvalue weighted by Gasteiger charge is -2.17. The predicted molar refractivity (Wildman–Crippen MR) is 111 cm³/mol. The van der Waals surface area contributed by atoms with Gasteiger partial charge in [0.05, 0.1) is 12.1 Å². The fraction of sp³-hybridized carbons (Fsp3) is 0.273. The van der Waals surface area contributed by atoms with Gasteiger partial charge in [-0.3, -0.25) is 9.69 Å². The third-order valence-corrected chi connectivity index (χ3v) is 5.74. The van der Waals surface area contributed by atoms with E-state index in [1.54, 1.807) is 11.3 Å². The van der Waals surface area contributed by atoms with Crippen molar-refractivity contribution < 1.29 is 4.79 Å². The number of thiazole rings is 1. The molecule has 0 bridgehead atoms. The van der Waals surface area contributed by atoms with Crippen LogP contribution in [0.2, 0.25) is 0 Å². The maximum atomic E-state index is 12.6. The Labute approximate surface area is 163 Å². The lowest BCUT2D eigenvalue weighted by Crippen LogP contribution is -2.21. The Kier molecular flexibility index (Phi) is 5.61. The number of carbonyl (C=O) groups is 1. The number of benzene rings is 2. The highest BCUT2D eigenvalue weighted by Gasteiger charge is 2.15. The van der Waals surface area contributed by atoms with Gasteiger partial charge in [0, 0.05) is 23.2 Å². The summed E-state index contributed by atoms with van der Waals surface area (Å²) in [7, 11) is 0. The number of nitrogens with zero attached hydrogens (tertiary/aromatic N) is 2. The lowest BCUT2D eigenvalue weighted by molar-refractivity contribution is -0.115. The standard InChI is InChI=1S/C22H23N3OS/c26-21(14-19-16-27-22(23-19)17-8-2-1-3-9-17)24-20-11-5-4-10-18(20)15-25-12-6-7-13-25/h1-5,8-11,16H,6-7,12-15H2,(H,24,26). The molecular weight excluding hydrogens is 354 g/mol. The van der Waals surface area contributed by atoms with Gasteiger partial charge in [-0.05, 0) is 37.6 Å². The van der Waals surface area contributed by atoms with E-state index in [2.05, 4.69) is 21.3 Å². The van der Waals surface area contributed by atoms with Gasteiger partial charge in [0.1, 0.15) is 5.01 Å². The molecule has 2 aromatic carbocycles. The van der Waals surface area contributed by atoms with Gasteiger partial charge in [0.2, 0.25) is 5.91 Å². The Balaban J connectivity index is 1.40. The summed E-state index contributed by atoms with van der Waals surface area (Å²) in [4.78, 5) is 19.6. The van der Waals surface area contributed by atoms with Crippen LogP contribution in [0.15, 0.2) is 60.0 Å². The molecule has 138 valence electrons. The second kappa shape index (κ2) is 8.46. The minimum Gasteiger partial charge on any atom is -0.325 e. The Morgan fingerprint density at radius 2 is 1.78 bits per heavy atom. The van der Waals surface area contributed by atoms with Crippen LogP contribution >= 0.6 is 11.3 Å². The molecule has 1 saturated heterocycles. The third-order valence-electron chi connectivity index (χ3n) is 4.80. The summed E-state index contributed by atoms with van der Waals surface area (Å²) in [5, 5.41) is 6.00. The molecule has 0 saturated carbocycles. The molecule has 4 nitrogen and oxygen atoms in total. The number of likely N-dealkylation sites (tertiary alicyclic amines) is 1. The smallest absolute Gasteiger partial charge is 0.230 e. The van der Waals surface area contributed by atoms with Crippen LogP contribution in [0.25, 0.3) is 10.6 Å². The summed E-state index contributed by atoms with van der Waals surface area (Å²) in [5.41, 5.74) is 3.99. The largest absolute Gasteiger partial charge is 0.325 e. The van der Waals surface area contributed by atoms with Crippen molar-refractivity contribution in [3.63, 3.8) is 0 Å². The number of carbonyl (C=O) groups excluding carboxylic acids is 1. The molecule has 3 aromatic rings. The van der Waals surface area contributed by atoms with Crippen LogP contribution in [0, 0.1) is 0 Å². The first-order valence-electron chi connectivity index (χ1n) is 9.38. The highest BCUT2D eigenvalue weighted by Crippen LogP contribution is 2.24. The second-order valence-corrected chi connectivity index (χ2v) is 7.73. The summed E-state index contributed by atoms with van der Waals surface area (Å²) < 4.78 is 0. The molecule has 0 unspecified atom stereocenters. The van der Waals surface area contributed by atoms with Gasteiger partial charge in [-0.1, -0.05) is 48.5 Å². The molecule has 0 atom stereocenters. The number of amides is 1. The zero-order valence-corrected chi connectivity index (χ0v) is 16.0. The van der Waals surface area contributed by atoms with Crippen molar-refractivity contribution >= 4 is 22.9 Å². The molecule has 1 fully saturated rings. The fourth-order valence-corrected chi connectivity index (χ4v) is 4.25. The lowest BCUT2D eigenvalue weighted by atomic mass is 10.1. The fourth-order valence-electron chi connectivity index (χ4n) is 3.42. The van der Waals surface area contributed by atoms with Crippen LogP contribution in [0.4, 0.5) is 5.69 Å². The van der Waals surface area contributed by atoms with E-state index in [9.17, 15) is 4.79 Å². The molecule has 1 aromatic heterocycles. The van der Waals surface area contributed by atoms with Gasteiger partial charge in [-0.15, -0.1) is 11.3 Å². The van der Waals surface area contributed by atoms with Gasteiger partial charge < -0.3 is 5.32 Å². The average molecular weight is 378 g/mol. The quantitative estimate of drug-likeness (QED) is 0.683. The highest BCUT2D eigenvalue weighted by atomic mass is 32.1. The van der Waals surface area contributed by atoms with E-state index >= 15 is 0 Å². The van der Waals surface area contributed by atoms with E-state index in [0.717, 1.165) is 41.6 Å². The van der Waals surface area contributed by atoms with Crippen LogP contribution < -0.4 is 5.32 Å². The van der Waals surface area contributed by atoms with Crippen molar-refractivity contribution in [1.29, 1.82) is 0 Å². The number of aromatic nitrogens is 1. The molecule has 1 amide bonds.